The number of aliphatic carboxylic acids is 1. The molecule has 1 amide bonds. The molecule has 6 nitrogen and oxygen atoms in total. The standard InChI is InChI=1S/C23H24N2O4/c1-3-29-19-11-8-16(9-12-19)13-18(23(27)28)14-24-22(26)20-6-4-5-17-10-7-15(2)25-21(17)20/h4-12,18H,3,13-14H2,1-2H3,(H,24,26)(H,27,28). The topological polar surface area (TPSA) is 88.5 Å². The van der Waals surface area contributed by atoms with Crippen molar-refractivity contribution in [3.05, 3.63) is 71.4 Å². The maximum Gasteiger partial charge on any atom is 0.308 e. The van der Waals surface area contributed by atoms with E-state index in [1.54, 1.807) is 12.1 Å². The molecule has 150 valence electrons. The summed E-state index contributed by atoms with van der Waals surface area (Å²) < 4.78 is 5.41. The van der Waals surface area contributed by atoms with Gasteiger partial charge in [0.25, 0.3) is 5.91 Å². The van der Waals surface area contributed by atoms with E-state index >= 15 is 0 Å². The Morgan fingerprint density at radius 2 is 1.86 bits per heavy atom. The van der Waals surface area contributed by atoms with Crippen molar-refractivity contribution in [1.82, 2.24) is 10.3 Å². The van der Waals surface area contributed by atoms with Crippen LogP contribution >= 0.6 is 0 Å². The third-order valence-corrected chi connectivity index (χ3v) is 4.68. The molecule has 3 aromatic rings. The fourth-order valence-electron chi connectivity index (χ4n) is 3.16. The first kappa shape index (κ1) is 20.3. The summed E-state index contributed by atoms with van der Waals surface area (Å²) in [4.78, 5) is 28.9. The van der Waals surface area contributed by atoms with Crippen LogP contribution < -0.4 is 10.1 Å². The molecule has 0 fully saturated rings. The Morgan fingerprint density at radius 3 is 2.55 bits per heavy atom. The van der Waals surface area contributed by atoms with E-state index in [-0.39, 0.29) is 12.5 Å². The minimum absolute atomic E-state index is 0.0313. The fraction of sp³-hybridized carbons (Fsp3) is 0.261. The first-order chi connectivity index (χ1) is 14.0. The van der Waals surface area contributed by atoms with E-state index in [0.717, 1.165) is 22.4 Å². The average Bonchev–Trinajstić information content (AvgIpc) is 2.71. The zero-order valence-electron chi connectivity index (χ0n) is 16.5. The van der Waals surface area contributed by atoms with Crippen LogP contribution in [0, 0.1) is 12.8 Å². The Balaban J connectivity index is 1.70. The number of amides is 1. The number of fused-ring (bicyclic) bond motifs is 1. The van der Waals surface area contributed by atoms with E-state index in [1.165, 1.54) is 0 Å². The molecule has 2 N–H and O–H groups in total. The number of para-hydroxylation sites is 1. The number of carboxylic acids is 1. The number of nitrogens with one attached hydrogen (secondary N) is 1. The largest absolute Gasteiger partial charge is 0.494 e. The van der Waals surface area contributed by atoms with E-state index < -0.39 is 11.9 Å². The van der Waals surface area contributed by atoms with Gasteiger partial charge in [-0.25, -0.2) is 0 Å². The highest BCUT2D eigenvalue weighted by Crippen LogP contribution is 2.18. The van der Waals surface area contributed by atoms with Crippen molar-refractivity contribution in [1.29, 1.82) is 0 Å². The first-order valence-electron chi connectivity index (χ1n) is 9.57. The van der Waals surface area contributed by atoms with Crippen molar-refractivity contribution in [2.75, 3.05) is 13.2 Å². The number of carboxylic acid groups (broad SMARTS) is 1. The van der Waals surface area contributed by atoms with Crippen LogP contribution in [0.3, 0.4) is 0 Å². The number of hydrogen-bond donors (Lipinski definition) is 2. The molecule has 0 saturated heterocycles. The Bertz CT molecular complexity index is 1020. The number of aryl methyl sites for hydroxylation is 1. The van der Waals surface area contributed by atoms with E-state index in [9.17, 15) is 14.7 Å². The molecule has 29 heavy (non-hydrogen) atoms. The number of carbonyl (C=O) groups excluding carboxylic acids is 1. The Kier molecular flexibility index (Phi) is 6.44. The molecule has 3 rings (SSSR count). The van der Waals surface area contributed by atoms with Gasteiger partial charge in [-0.05, 0) is 50.1 Å². The minimum atomic E-state index is -0.953. The van der Waals surface area contributed by atoms with E-state index in [2.05, 4.69) is 10.3 Å². The van der Waals surface area contributed by atoms with Gasteiger partial charge >= 0.3 is 5.97 Å². The highest BCUT2D eigenvalue weighted by Gasteiger charge is 2.20. The van der Waals surface area contributed by atoms with Crippen LogP contribution in [0.1, 0.15) is 28.5 Å². The van der Waals surface area contributed by atoms with Gasteiger partial charge in [0.15, 0.2) is 0 Å². The maximum atomic E-state index is 12.7. The van der Waals surface area contributed by atoms with Gasteiger partial charge in [-0.1, -0.05) is 30.3 Å². The number of rotatable bonds is 8. The molecule has 0 saturated carbocycles. The van der Waals surface area contributed by atoms with Crippen LogP contribution in [-0.2, 0) is 11.2 Å². The van der Waals surface area contributed by atoms with Crippen LogP contribution in [0.4, 0.5) is 0 Å². The number of ether oxygens (including phenoxy) is 1. The molecule has 0 aliphatic rings. The average molecular weight is 392 g/mol. The summed E-state index contributed by atoms with van der Waals surface area (Å²) >= 11 is 0. The third-order valence-electron chi connectivity index (χ3n) is 4.68. The molecular weight excluding hydrogens is 368 g/mol. The van der Waals surface area contributed by atoms with E-state index in [1.807, 2.05) is 56.3 Å². The van der Waals surface area contributed by atoms with Crippen molar-refractivity contribution >= 4 is 22.8 Å². The second kappa shape index (κ2) is 9.19. The SMILES string of the molecule is CCOc1ccc(CC(CNC(=O)c2cccc3ccc(C)nc23)C(=O)O)cc1. The molecule has 0 aliphatic carbocycles. The number of carbonyl (C=O) groups is 2. The highest BCUT2D eigenvalue weighted by atomic mass is 16.5. The molecule has 1 unspecified atom stereocenters. The summed E-state index contributed by atoms with van der Waals surface area (Å²) in [7, 11) is 0. The number of nitrogens with zero attached hydrogens (tertiary/aromatic N) is 1. The van der Waals surface area contributed by atoms with Crippen LogP contribution in [0.15, 0.2) is 54.6 Å². The van der Waals surface area contributed by atoms with Gasteiger partial charge in [-0.3, -0.25) is 14.6 Å². The molecule has 0 bridgehead atoms. The van der Waals surface area contributed by atoms with Crippen molar-refractivity contribution in [2.45, 2.75) is 20.3 Å². The predicted octanol–water partition coefficient (Wildman–Crippen LogP) is 3.62. The van der Waals surface area contributed by atoms with Crippen molar-refractivity contribution in [2.24, 2.45) is 5.92 Å². The zero-order chi connectivity index (χ0) is 20.8. The molecule has 1 atom stereocenters. The normalized spacial score (nSPS) is 11.8. The van der Waals surface area contributed by atoms with Crippen molar-refractivity contribution in [3.63, 3.8) is 0 Å². The van der Waals surface area contributed by atoms with Crippen LogP contribution in [0.25, 0.3) is 10.9 Å². The molecule has 0 aliphatic heterocycles. The summed E-state index contributed by atoms with van der Waals surface area (Å²) in [6.45, 7) is 4.38. The fourth-order valence-corrected chi connectivity index (χ4v) is 3.16. The Hall–Kier alpha value is -3.41. The number of benzene rings is 2. The van der Waals surface area contributed by atoms with Crippen LogP contribution in [0.5, 0.6) is 5.75 Å². The van der Waals surface area contributed by atoms with Gasteiger partial charge in [-0.15, -0.1) is 0 Å². The van der Waals surface area contributed by atoms with Gasteiger partial charge < -0.3 is 15.2 Å². The second-order valence-corrected chi connectivity index (χ2v) is 6.86. The predicted molar refractivity (Wildman–Crippen MR) is 111 cm³/mol. The van der Waals surface area contributed by atoms with Gasteiger partial charge in [-0.2, -0.15) is 0 Å². The molecule has 6 heteroatoms. The van der Waals surface area contributed by atoms with Gasteiger partial charge in [0, 0.05) is 17.6 Å². The smallest absolute Gasteiger partial charge is 0.308 e. The minimum Gasteiger partial charge on any atom is -0.494 e. The number of aromatic nitrogens is 1. The first-order valence-corrected chi connectivity index (χ1v) is 9.57. The summed E-state index contributed by atoms with van der Waals surface area (Å²) in [5.74, 6) is -1.27. The summed E-state index contributed by atoms with van der Waals surface area (Å²) in [6, 6.07) is 16.5. The molecule has 1 heterocycles. The Labute approximate surface area is 169 Å². The number of pyridine rings is 1. The second-order valence-electron chi connectivity index (χ2n) is 6.86. The highest BCUT2D eigenvalue weighted by molar-refractivity contribution is 6.05. The van der Waals surface area contributed by atoms with E-state index in [4.69, 9.17) is 4.74 Å². The maximum absolute atomic E-state index is 12.7. The molecule has 2 aromatic carbocycles. The van der Waals surface area contributed by atoms with Crippen molar-refractivity contribution in [3.8, 4) is 5.75 Å². The van der Waals surface area contributed by atoms with Gasteiger partial charge in [0.1, 0.15) is 5.75 Å². The lowest BCUT2D eigenvalue weighted by Gasteiger charge is -2.14. The summed E-state index contributed by atoms with van der Waals surface area (Å²) in [6.07, 6.45) is 0.314. The summed E-state index contributed by atoms with van der Waals surface area (Å²) in [5, 5.41) is 13.2. The molecule has 0 radical (unpaired) electrons. The van der Waals surface area contributed by atoms with Crippen LogP contribution in [0.2, 0.25) is 0 Å². The lowest BCUT2D eigenvalue weighted by molar-refractivity contribution is -0.141. The van der Waals surface area contributed by atoms with Crippen LogP contribution in [-0.4, -0.2) is 35.1 Å². The molecular formula is C23H24N2O4. The molecule has 0 spiro atoms. The van der Waals surface area contributed by atoms with Gasteiger partial charge in [0.05, 0.1) is 23.6 Å². The van der Waals surface area contributed by atoms with Crippen molar-refractivity contribution < 1.29 is 19.4 Å². The monoisotopic (exact) mass is 392 g/mol. The third kappa shape index (κ3) is 5.10. The Morgan fingerprint density at radius 1 is 1.10 bits per heavy atom. The quantitative estimate of drug-likeness (QED) is 0.611. The number of hydrogen-bond acceptors (Lipinski definition) is 4. The lowest BCUT2D eigenvalue weighted by Crippen LogP contribution is -2.34. The zero-order valence-corrected chi connectivity index (χ0v) is 16.5. The summed E-state index contributed by atoms with van der Waals surface area (Å²) in [5.41, 5.74) is 2.74. The lowest BCUT2D eigenvalue weighted by atomic mass is 9.99. The van der Waals surface area contributed by atoms with Gasteiger partial charge in [0.2, 0.25) is 0 Å². The molecule has 1 aromatic heterocycles. The van der Waals surface area contributed by atoms with E-state index in [0.29, 0.717) is 24.1 Å².